The molecule has 0 aliphatic carbocycles. The van der Waals surface area contributed by atoms with Crippen LogP contribution in [0.4, 0.5) is 0 Å². The zero-order valence-electron chi connectivity index (χ0n) is 16.6. The molecule has 0 bridgehead atoms. The molecule has 1 heterocycles. The number of hydrogen-bond acceptors (Lipinski definition) is 4. The van der Waals surface area contributed by atoms with Crippen LogP contribution in [-0.4, -0.2) is 41.8 Å². The van der Waals surface area contributed by atoms with E-state index in [9.17, 15) is 9.59 Å². The molecule has 0 saturated carbocycles. The number of rotatable bonds is 8. The largest absolute Gasteiger partial charge is 0.497 e. The van der Waals surface area contributed by atoms with Gasteiger partial charge >= 0.3 is 0 Å². The zero-order chi connectivity index (χ0) is 21.3. The summed E-state index contributed by atoms with van der Waals surface area (Å²) in [6.07, 6.45) is 6.94. The molecule has 2 amide bonds. The number of amides is 2. The van der Waals surface area contributed by atoms with Crippen LogP contribution in [0.3, 0.4) is 0 Å². The topological polar surface area (TPSA) is 85.3 Å². The summed E-state index contributed by atoms with van der Waals surface area (Å²) in [6.45, 7) is 0.353. The average molecular weight is 402 g/mol. The summed E-state index contributed by atoms with van der Waals surface area (Å²) in [5.41, 5.74) is 2.56. The minimum atomic E-state index is -0.312. The minimum Gasteiger partial charge on any atom is -0.497 e. The normalized spacial score (nSPS) is 10.1. The molecule has 3 aromatic rings. The van der Waals surface area contributed by atoms with Crippen molar-refractivity contribution in [3.63, 3.8) is 0 Å². The number of ether oxygens (including phenoxy) is 1. The minimum absolute atomic E-state index is 0.137. The Hall–Kier alpha value is -4.05. The standard InChI is InChI=1S/C23H22N4O3/c1-3-14-24-21(28)13-15-25-23(29)20-16-27(18-7-5-4-6-8-18)26-22(20)17-9-11-19(30-2)12-10-17/h1,4-12,16H,13-15H2,2H3,(H,24,28)(H,25,29). The Morgan fingerprint density at radius 3 is 2.50 bits per heavy atom. The number of terminal acetylenes is 1. The average Bonchev–Trinajstić information content (AvgIpc) is 3.24. The van der Waals surface area contributed by atoms with Crippen molar-refractivity contribution in [1.29, 1.82) is 0 Å². The molecule has 0 saturated heterocycles. The van der Waals surface area contributed by atoms with E-state index in [4.69, 9.17) is 11.2 Å². The number of nitrogens with zero attached hydrogens (tertiary/aromatic N) is 2. The first-order chi connectivity index (χ1) is 14.6. The Bertz CT molecular complexity index is 1050. The highest BCUT2D eigenvalue weighted by atomic mass is 16.5. The summed E-state index contributed by atoms with van der Waals surface area (Å²) in [5, 5.41) is 9.96. The van der Waals surface area contributed by atoms with Crippen molar-refractivity contribution in [2.24, 2.45) is 0 Å². The molecule has 0 atom stereocenters. The van der Waals surface area contributed by atoms with Crippen molar-refractivity contribution >= 4 is 11.8 Å². The van der Waals surface area contributed by atoms with Gasteiger partial charge in [-0.25, -0.2) is 4.68 Å². The molecule has 2 aromatic carbocycles. The monoisotopic (exact) mass is 402 g/mol. The van der Waals surface area contributed by atoms with Crippen molar-refractivity contribution in [1.82, 2.24) is 20.4 Å². The van der Waals surface area contributed by atoms with Gasteiger partial charge in [-0.1, -0.05) is 24.1 Å². The Morgan fingerprint density at radius 2 is 1.83 bits per heavy atom. The summed E-state index contributed by atoms with van der Waals surface area (Å²) < 4.78 is 6.87. The van der Waals surface area contributed by atoms with E-state index in [-0.39, 0.29) is 31.3 Å². The summed E-state index contributed by atoms with van der Waals surface area (Å²) >= 11 is 0. The highest BCUT2D eigenvalue weighted by molar-refractivity contribution is 6.00. The van der Waals surface area contributed by atoms with Gasteiger partial charge in [-0.2, -0.15) is 5.10 Å². The van der Waals surface area contributed by atoms with Gasteiger partial charge in [0.25, 0.3) is 5.91 Å². The second kappa shape index (κ2) is 9.94. The molecule has 7 nitrogen and oxygen atoms in total. The third kappa shape index (κ3) is 5.06. The molecule has 0 radical (unpaired) electrons. The van der Waals surface area contributed by atoms with Crippen LogP contribution in [-0.2, 0) is 4.79 Å². The molecule has 152 valence electrons. The fraction of sp³-hybridized carbons (Fsp3) is 0.174. The van der Waals surface area contributed by atoms with Crippen LogP contribution in [0.25, 0.3) is 16.9 Å². The fourth-order valence-corrected chi connectivity index (χ4v) is 2.84. The van der Waals surface area contributed by atoms with Gasteiger partial charge in [-0.3, -0.25) is 9.59 Å². The Kier molecular flexibility index (Phi) is 6.85. The van der Waals surface area contributed by atoms with Crippen molar-refractivity contribution in [3.05, 3.63) is 66.4 Å². The third-order valence-electron chi connectivity index (χ3n) is 4.37. The van der Waals surface area contributed by atoms with E-state index in [1.54, 1.807) is 18.0 Å². The maximum Gasteiger partial charge on any atom is 0.255 e. The molecular weight excluding hydrogens is 380 g/mol. The van der Waals surface area contributed by atoms with Crippen LogP contribution in [0.5, 0.6) is 5.75 Å². The molecule has 0 aliphatic rings. The number of para-hydroxylation sites is 1. The summed E-state index contributed by atoms with van der Waals surface area (Å²) in [6, 6.07) is 16.8. The van der Waals surface area contributed by atoms with Gasteiger partial charge in [0, 0.05) is 24.7 Å². The van der Waals surface area contributed by atoms with Crippen molar-refractivity contribution < 1.29 is 14.3 Å². The molecule has 7 heteroatoms. The van der Waals surface area contributed by atoms with E-state index in [0.29, 0.717) is 17.0 Å². The number of carbonyl (C=O) groups is 2. The molecule has 1 aromatic heterocycles. The Labute approximate surface area is 175 Å². The number of methoxy groups -OCH3 is 1. The van der Waals surface area contributed by atoms with Gasteiger partial charge in [0.05, 0.1) is 24.9 Å². The molecule has 30 heavy (non-hydrogen) atoms. The molecular formula is C23H22N4O3. The van der Waals surface area contributed by atoms with Gasteiger partial charge in [-0.15, -0.1) is 6.42 Å². The van der Waals surface area contributed by atoms with Crippen molar-refractivity contribution in [3.8, 4) is 35.0 Å². The second-order valence-corrected chi connectivity index (χ2v) is 6.39. The maximum atomic E-state index is 12.8. The second-order valence-electron chi connectivity index (χ2n) is 6.39. The Morgan fingerprint density at radius 1 is 1.10 bits per heavy atom. The SMILES string of the molecule is C#CCNC(=O)CCNC(=O)c1cn(-c2ccccc2)nc1-c1ccc(OC)cc1. The first-order valence-electron chi connectivity index (χ1n) is 9.40. The third-order valence-corrected chi connectivity index (χ3v) is 4.37. The molecule has 0 fully saturated rings. The van der Waals surface area contributed by atoms with Gasteiger partial charge in [0.1, 0.15) is 11.4 Å². The number of benzene rings is 2. The van der Waals surface area contributed by atoms with Gasteiger partial charge in [0.15, 0.2) is 0 Å². The molecule has 0 spiro atoms. The molecule has 0 aliphatic heterocycles. The lowest BCUT2D eigenvalue weighted by Gasteiger charge is -2.06. The van der Waals surface area contributed by atoms with E-state index in [1.807, 2.05) is 54.6 Å². The van der Waals surface area contributed by atoms with Crippen LogP contribution < -0.4 is 15.4 Å². The first kappa shape index (κ1) is 20.7. The summed E-state index contributed by atoms with van der Waals surface area (Å²) in [4.78, 5) is 24.5. The van der Waals surface area contributed by atoms with E-state index >= 15 is 0 Å². The van der Waals surface area contributed by atoms with E-state index in [0.717, 1.165) is 11.3 Å². The Balaban J connectivity index is 1.84. The lowest BCUT2D eigenvalue weighted by atomic mass is 10.1. The smallest absolute Gasteiger partial charge is 0.255 e. The lowest BCUT2D eigenvalue weighted by Crippen LogP contribution is -2.31. The number of aromatic nitrogens is 2. The van der Waals surface area contributed by atoms with Crippen LogP contribution >= 0.6 is 0 Å². The lowest BCUT2D eigenvalue weighted by molar-refractivity contribution is -0.120. The first-order valence-corrected chi connectivity index (χ1v) is 9.40. The maximum absolute atomic E-state index is 12.8. The molecule has 2 N–H and O–H groups in total. The van der Waals surface area contributed by atoms with Gasteiger partial charge < -0.3 is 15.4 Å². The van der Waals surface area contributed by atoms with Crippen LogP contribution in [0.1, 0.15) is 16.8 Å². The number of hydrogen-bond donors (Lipinski definition) is 2. The quantitative estimate of drug-likeness (QED) is 0.567. The van der Waals surface area contributed by atoms with E-state index in [2.05, 4.69) is 21.7 Å². The van der Waals surface area contributed by atoms with E-state index in [1.165, 1.54) is 0 Å². The van der Waals surface area contributed by atoms with Crippen molar-refractivity contribution in [2.45, 2.75) is 6.42 Å². The number of carbonyl (C=O) groups excluding carboxylic acids is 2. The summed E-state index contributed by atoms with van der Waals surface area (Å²) in [7, 11) is 1.59. The van der Waals surface area contributed by atoms with E-state index < -0.39 is 0 Å². The highest BCUT2D eigenvalue weighted by Gasteiger charge is 2.19. The molecule has 0 unspecified atom stereocenters. The number of nitrogens with one attached hydrogen (secondary N) is 2. The van der Waals surface area contributed by atoms with Crippen LogP contribution in [0.2, 0.25) is 0 Å². The summed E-state index contributed by atoms with van der Waals surface area (Å²) in [5.74, 6) is 2.52. The highest BCUT2D eigenvalue weighted by Crippen LogP contribution is 2.25. The predicted molar refractivity (Wildman–Crippen MR) is 114 cm³/mol. The van der Waals surface area contributed by atoms with Gasteiger partial charge in [-0.05, 0) is 36.4 Å². The predicted octanol–water partition coefficient (Wildman–Crippen LogP) is 2.42. The fourth-order valence-electron chi connectivity index (χ4n) is 2.84. The van der Waals surface area contributed by atoms with Gasteiger partial charge in [0.2, 0.25) is 5.91 Å². The zero-order valence-corrected chi connectivity index (χ0v) is 16.6. The van der Waals surface area contributed by atoms with Crippen molar-refractivity contribution in [2.75, 3.05) is 20.2 Å². The van der Waals surface area contributed by atoms with Crippen LogP contribution in [0, 0.1) is 12.3 Å². The van der Waals surface area contributed by atoms with Crippen LogP contribution in [0.15, 0.2) is 60.8 Å². The molecule has 3 rings (SSSR count).